The van der Waals surface area contributed by atoms with Crippen molar-refractivity contribution in [2.45, 2.75) is 75.0 Å². The molecule has 0 aliphatic carbocycles. The first-order valence-corrected chi connectivity index (χ1v) is 18.7. The number of hydrogen-bond donors (Lipinski definition) is 0. The molecule has 0 heterocycles. The van der Waals surface area contributed by atoms with E-state index in [1.807, 2.05) is 23.5 Å². The third-order valence-corrected chi connectivity index (χ3v) is 10.2. The maximum atomic E-state index is 2.37. The molecule has 0 aliphatic heterocycles. The van der Waals surface area contributed by atoms with Gasteiger partial charge in [-0.25, -0.2) is 0 Å². The van der Waals surface area contributed by atoms with E-state index in [1.54, 1.807) is 0 Å². The average Bonchev–Trinajstić information content (AvgIpc) is 3.06. The van der Waals surface area contributed by atoms with Crippen LogP contribution in [0.2, 0.25) is 0 Å². The number of unbranched alkanes of at least 4 members (excludes halogenated alkanes) is 4. The van der Waals surface area contributed by atoms with Crippen LogP contribution in [0.25, 0.3) is 45.8 Å². The van der Waals surface area contributed by atoms with Crippen molar-refractivity contribution in [1.29, 1.82) is 0 Å². The van der Waals surface area contributed by atoms with Gasteiger partial charge in [-0.2, -0.15) is 0 Å². The van der Waals surface area contributed by atoms with Gasteiger partial charge in [0.15, 0.2) is 0 Å². The lowest BCUT2D eigenvalue weighted by Crippen LogP contribution is -1.89. The Hall–Kier alpha value is -3.20. The van der Waals surface area contributed by atoms with E-state index < -0.39 is 0 Å². The Balaban J connectivity index is 1.40. The highest BCUT2D eigenvalue weighted by molar-refractivity contribution is 7.99. The minimum Gasteiger partial charge on any atom is -0.128 e. The van der Waals surface area contributed by atoms with Gasteiger partial charge in [0.25, 0.3) is 0 Å². The molecule has 2 heteroatoms. The molecule has 0 saturated heterocycles. The number of hydrogen-bond acceptors (Lipinski definition) is 2. The zero-order valence-corrected chi connectivity index (χ0v) is 28.5. The fourth-order valence-electron chi connectivity index (χ4n) is 5.97. The summed E-state index contributed by atoms with van der Waals surface area (Å²) in [5, 5.41) is 5.35. The van der Waals surface area contributed by atoms with Crippen molar-refractivity contribution < 1.29 is 0 Å². The topological polar surface area (TPSA) is 0 Å². The molecule has 0 aromatic heterocycles. The van der Waals surface area contributed by atoms with Crippen molar-refractivity contribution in [3.05, 3.63) is 118 Å². The SMILES string of the molecule is CCCCCc1ccc(/C=C/c2ccc3c(SC)c4cc(/C=C/c5ccc(CCCCC)cc5)ccc4c(SC)c3c2)cc1. The molecular formula is C42H46S2. The maximum absolute atomic E-state index is 2.37. The highest BCUT2D eigenvalue weighted by atomic mass is 32.2. The lowest BCUT2D eigenvalue weighted by atomic mass is 9.98. The summed E-state index contributed by atoms with van der Waals surface area (Å²) in [6, 6.07) is 32.1. The summed E-state index contributed by atoms with van der Waals surface area (Å²) in [5.74, 6) is 0. The lowest BCUT2D eigenvalue weighted by Gasteiger charge is -2.15. The molecule has 0 aliphatic rings. The monoisotopic (exact) mass is 614 g/mol. The molecule has 0 amide bonds. The van der Waals surface area contributed by atoms with E-state index in [0.29, 0.717) is 0 Å². The standard InChI is InChI=1S/C42H46S2/c1-5-7-9-11-31-13-17-33(18-14-31)21-23-35-25-27-37-39(29-35)41(43-3)38-28-26-36(30-40(38)42(37)44-4)24-22-34-19-15-32(16-20-34)12-10-8-6-2/h13-30H,5-12H2,1-4H3/b23-21+,24-22+. The average molecular weight is 615 g/mol. The molecule has 0 spiro atoms. The summed E-state index contributed by atoms with van der Waals surface area (Å²) < 4.78 is 0. The summed E-state index contributed by atoms with van der Waals surface area (Å²) >= 11 is 3.71. The van der Waals surface area contributed by atoms with Crippen molar-refractivity contribution in [3.63, 3.8) is 0 Å². The highest BCUT2D eigenvalue weighted by Gasteiger charge is 2.14. The van der Waals surface area contributed by atoms with Crippen molar-refractivity contribution in [3.8, 4) is 0 Å². The summed E-state index contributed by atoms with van der Waals surface area (Å²) in [6.45, 7) is 4.52. The van der Waals surface area contributed by atoms with E-state index in [-0.39, 0.29) is 0 Å². The number of benzene rings is 5. The van der Waals surface area contributed by atoms with Gasteiger partial charge >= 0.3 is 0 Å². The van der Waals surface area contributed by atoms with Crippen molar-refractivity contribution >= 4 is 69.4 Å². The third kappa shape index (κ3) is 8.09. The Morgan fingerprint density at radius 2 is 0.795 bits per heavy atom. The van der Waals surface area contributed by atoms with Gasteiger partial charge in [-0.15, -0.1) is 23.5 Å². The van der Waals surface area contributed by atoms with Crippen LogP contribution in [0.4, 0.5) is 0 Å². The van der Waals surface area contributed by atoms with Crippen LogP contribution in [0.1, 0.15) is 85.8 Å². The molecule has 0 radical (unpaired) electrons. The van der Waals surface area contributed by atoms with E-state index >= 15 is 0 Å². The van der Waals surface area contributed by atoms with Crippen LogP contribution in [0, 0.1) is 0 Å². The fraction of sp³-hybridized carbons (Fsp3) is 0.286. The Kier molecular flexibility index (Phi) is 11.9. The molecule has 5 aromatic carbocycles. The summed E-state index contributed by atoms with van der Waals surface area (Å²) in [4.78, 5) is 2.71. The predicted molar refractivity (Wildman–Crippen MR) is 202 cm³/mol. The van der Waals surface area contributed by atoms with Crippen LogP contribution < -0.4 is 0 Å². The zero-order valence-electron chi connectivity index (χ0n) is 26.9. The number of fused-ring (bicyclic) bond motifs is 2. The number of thioether (sulfide) groups is 2. The van der Waals surface area contributed by atoms with Crippen LogP contribution in [-0.4, -0.2) is 12.5 Å². The van der Waals surface area contributed by atoms with E-state index in [0.717, 1.165) is 0 Å². The molecule has 0 fully saturated rings. The van der Waals surface area contributed by atoms with Gasteiger partial charge in [0.05, 0.1) is 0 Å². The van der Waals surface area contributed by atoms with Crippen molar-refractivity contribution in [2.75, 3.05) is 12.5 Å². The van der Waals surface area contributed by atoms with Gasteiger partial charge in [0.1, 0.15) is 0 Å². The Bertz CT molecular complexity index is 1590. The minimum absolute atomic E-state index is 1.18. The van der Waals surface area contributed by atoms with Gasteiger partial charge in [0, 0.05) is 9.79 Å². The Labute approximate surface area is 274 Å². The van der Waals surface area contributed by atoms with Crippen molar-refractivity contribution in [1.82, 2.24) is 0 Å². The van der Waals surface area contributed by atoms with Gasteiger partial charge in [-0.1, -0.05) is 137 Å². The number of rotatable bonds is 14. The molecule has 0 bridgehead atoms. The first-order valence-electron chi connectivity index (χ1n) is 16.3. The smallest absolute Gasteiger partial charge is 0.0227 e. The van der Waals surface area contributed by atoms with Crippen LogP contribution in [0.5, 0.6) is 0 Å². The van der Waals surface area contributed by atoms with Gasteiger partial charge in [-0.05, 0) is 105 Å². The zero-order chi connectivity index (χ0) is 30.7. The molecular weight excluding hydrogens is 569 g/mol. The molecule has 0 unspecified atom stereocenters. The molecule has 0 atom stereocenters. The van der Waals surface area contributed by atoms with Gasteiger partial charge in [0.2, 0.25) is 0 Å². The first-order chi connectivity index (χ1) is 21.6. The van der Waals surface area contributed by atoms with Crippen molar-refractivity contribution in [2.24, 2.45) is 0 Å². The first kappa shape index (κ1) is 32.2. The van der Waals surface area contributed by atoms with Gasteiger partial charge in [-0.3, -0.25) is 0 Å². The van der Waals surface area contributed by atoms with Crippen LogP contribution >= 0.6 is 23.5 Å². The quantitative estimate of drug-likeness (QED) is 0.0528. The largest absolute Gasteiger partial charge is 0.128 e. The molecule has 5 aromatic rings. The fourth-order valence-corrected chi connectivity index (χ4v) is 7.54. The summed E-state index contributed by atoms with van der Waals surface area (Å²) in [5.41, 5.74) is 7.85. The van der Waals surface area contributed by atoms with E-state index in [2.05, 4.69) is 136 Å². The molecule has 44 heavy (non-hydrogen) atoms. The normalized spacial score (nSPS) is 11.9. The second kappa shape index (κ2) is 16.2. The molecule has 5 rings (SSSR count). The second-order valence-corrected chi connectivity index (χ2v) is 13.4. The van der Waals surface area contributed by atoms with E-state index in [4.69, 9.17) is 0 Å². The number of aryl methyl sites for hydroxylation is 2. The predicted octanol–water partition coefficient (Wildman–Crippen LogP) is 13.2. The molecule has 0 saturated carbocycles. The summed E-state index contributed by atoms with van der Waals surface area (Å²) in [7, 11) is 0. The van der Waals surface area contributed by atoms with Crippen LogP contribution in [-0.2, 0) is 12.8 Å². The molecule has 0 N–H and O–H groups in total. The van der Waals surface area contributed by atoms with Crippen LogP contribution in [0.3, 0.4) is 0 Å². The van der Waals surface area contributed by atoms with E-state index in [9.17, 15) is 0 Å². The minimum atomic E-state index is 1.18. The third-order valence-electron chi connectivity index (χ3n) is 8.51. The maximum Gasteiger partial charge on any atom is 0.0227 e. The molecule has 0 nitrogen and oxygen atoms in total. The lowest BCUT2D eigenvalue weighted by molar-refractivity contribution is 0.717. The Morgan fingerprint density at radius 1 is 0.432 bits per heavy atom. The molecule has 226 valence electrons. The second-order valence-electron chi connectivity index (χ2n) is 11.7. The highest BCUT2D eigenvalue weighted by Crippen LogP contribution is 2.42. The van der Waals surface area contributed by atoms with E-state index in [1.165, 1.54) is 116 Å². The van der Waals surface area contributed by atoms with Crippen LogP contribution in [0.15, 0.2) is 94.7 Å². The summed E-state index contributed by atoms with van der Waals surface area (Å²) in [6.07, 6.45) is 23.5. The van der Waals surface area contributed by atoms with Gasteiger partial charge < -0.3 is 0 Å². The Morgan fingerprint density at radius 3 is 1.16 bits per heavy atom.